The number of carbonyl (C=O) groups is 2. The molecule has 0 aliphatic carbocycles. The first-order chi connectivity index (χ1) is 13.8. The van der Waals surface area contributed by atoms with Crippen molar-refractivity contribution in [3.05, 3.63) is 57.0 Å². The fraction of sp³-hybridized carbons (Fsp3) is 0.300. The summed E-state index contributed by atoms with van der Waals surface area (Å²) in [6.07, 6.45) is -0.764. The first-order valence-corrected chi connectivity index (χ1v) is 9.80. The molecular weight excluding hydrogens is 394 g/mol. The van der Waals surface area contributed by atoms with E-state index in [4.69, 9.17) is 9.47 Å². The van der Waals surface area contributed by atoms with Crippen molar-refractivity contribution in [2.24, 2.45) is 0 Å². The van der Waals surface area contributed by atoms with Crippen LogP contribution in [0.2, 0.25) is 0 Å². The molecular formula is C20H21N3O5S. The lowest BCUT2D eigenvalue weighted by Gasteiger charge is -2.13. The van der Waals surface area contributed by atoms with Gasteiger partial charge in [0.15, 0.2) is 18.5 Å². The highest BCUT2D eigenvalue weighted by molar-refractivity contribution is 7.18. The number of fused-ring (bicyclic) bond motifs is 1. The number of aromatic nitrogens is 2. The first-order valence-electron chi connectivity index (χ1n) is 8.99. The summed E-state index contributed by atoms with van der Waals surface area (Å²) >= 11 is 1.42. The number of esters is 1. The van der Waals surface area contributed by atoms with Crippen molar-refractivity contribution in [3.8, 4) is 5.75 Å². The van der Waals surface area contributed by atoms with Crippen LogP contribution in [0.1, 0.15) is 29.3 Å². The van der Waals surface area contributed by atoms with E-state index in [9.17, 15) is 14.4 Å². The average Bonchev–Trinajstić information content (AvgIpc) is 2.99. The van der Waals surface area contributed by atoms with Crippen LogP contribution in [0.15, 0.2) is 35.1 Å². The number of carbonyl (C=O) groups excluding carboxylic acids is 2. The monoisotopic (exact) mass is 415 g/mol. The van der Waals surface area contributed by atoms with Crippen LogP contribution in [0.3, 0.4) is 0 Å². The SMILES string of the molecule is Cc1sc2nc(C(C)OC(=O)CNC(=O)COc3ccccc3)[nH]c(=O)c2c1C. The normalized spacial score (nSPS) is 11.8. The number of benzene rings is 1. The molecule has 3 aromatic rings. The summed E-state index contributed by atoms with van der Waals surface area (Å²) in [5, 5.41) is 2.99. The molecule has 0 aliphatic rings. The Hall–Kier alpha value is -3.20. The zero-order valence-electron chi connectivity index (χ0n) is 16.3. The van der Waals surface area contributed by atoms with Crippen LogP contribution in [0.4, 0.5) is 0 Å². The van der Waals surface area contributed by atoms with E-state index in [0.29, 0.717) is 16.0 Å². The van der Waals surface area contributed by atoms with Crippen LogP contribution in [-0.4, -0.2) is 35.0 Å². The van der Waals surface area contributed by atoms with Crippen LogP contribution < -0.4 is 15.6 Å². The minimum atomic E-state index is -0.764. The molecule has 9 heteroatoms. The molecule has 0 fully saturated rings. The number of aromatic amines is 1. The number of para-hydroxylation sites is 1. The number of aryl methyl sites for hydroxylation is 2. The Morgan fingerprint density at radius 3 is 2.69 bits per heavy atom. The zero-order valence-corrected chi connectivity index (χ0v) is 17.1. The molecule has 1 amide bonds. The number of ether oxygens (including phenoxy) is 2. The highest BCUT2D eigenvalue weighted by atomic mass is 32.1. The van der Waals surface area contributed by atoms with Crippen LogP contribution in [0, 0.1) is 13.8 Å². The van der Waals surface area contributed by atoms with Crippen LogP contribution in [0.25, 0.3) is 10.2 Å². The molecule has 0 saturated heterocycles. The summed E-state index contributed by atoms with van der Waals surface area (Å²) in [7, 11) is 0. The average molecular weight is 415 g/mol. The number of thiophene rings is 1. The van der Waals surface area contributed by atoms with Gasteiger partial charge in [-0.1, -0.05) is 18.2 Å². The summed E-state index contributed by atoms with van der Waals surface area (Å²) < 4.78 is 10.6. The van der Waals surface area contributed by atoms with Gasteiger partial charge in [-0.25, -0.2) is 4.98 Å². The molecule has 29 heavy (non-hydrogen) atoms. The minimum Gasteiger partial charge on any atom is -0.484 e. The number of amides is 1. The second-order valence-corrected chi connectivity index (χ2v) is 7.63. The fourth-order valence-electron chi connectivity index (χ4n) is 2.65. The van der Waals surface area contributed by atoms with Crippen molar-refractivity contribution in [1.82, 2.24) is 15.3 Å². The molecule has 1 aromatic carbocycles. The van der Waals surface area contributed by atoms with Gasteiger partial charge in [0.1, 0.15) is 17.1 Å². The first kappa shape index (κ1) is 20.5. The molecule has 0 bridgehead atoms. The summed E-state index contributed by atoms with van der Waals surface area (Å²) in [6, 6.07) is 8.88. The Morgan fingerprint density at radius 2 is 1.97 bits per heavy atom. The van der Waals surface area contributed by atoms with Crippen molar-refractivity contribution in [2.45, 2.75) is 26.9 Å². The predicted molar refractivity (Wildman–Crippen MR) is 109 cm³/mol. The van der Waals surface area contributed by atoms with E-state index < -0.39 is 18.0 Å². The van der Waals surface area contributed by atoms with E-state index in [2.05, 4.69) is 15.3 Å². The fourth-order valence-corrected chi connectivity index (χ4v) is 3.68. The van der Waals surface area contributed by atoms with Gasteiger partial charge in [0.2, 0.25) is 0 Å². The number of hydrogen-bond acceptors (Lipinski definition) is 7. The molecule has 152 valence electrons. The van der Waals surface area contributed by atoms with Gasteiger partial charge in [0, 0.05) is 4.88 Å². The van der Waals surface area contributed by atoms with E-state index in [1.54, 1.807) is 31.2 Å². The molecule has 3 rings (SSSR count). The van der Waals surface area contributed by atoms with Crippen LogP contribution >= 0.6 is 11.3 Å². The van der Waals surface area contributed by atoms with Crippen molar-refractivity contribution in [2.75, 3.05) is 13.2 Å². The van der Waals surface area contributed by atoms with E-state index in [0.717, 1.165) is 10.4 Å². The Balaban J connectivity index is 1.53. The van der Waals surface area contributed by atoms with Crippen LogP contribution in [0.5, 0.6) is 5.75 Å². The molecule has 2 aromatic heterocycles. The molecule has 0 spiro atoms. The van der Waals surface area contributed by atoms with E-state index in [1.165, 1.54) is 11.3 Å². The molecule has 8 nitrogen and oxygen atoms in total. The molecule has 0 radical (unpaired) electrons. The maximum atomic E-state index is 12.3. The van der Waals surface area contributed by atoms with E-state index in [-0.39, 0.29) is 24.5 Å². The highest BCUT2D eigenvalue weighted by Gasteiger charge is 2.18. The third kappa shape index (κ3) is 5.00. The lowest BCUT2D eigenvalue weighted by Crippen LogP contribution is -2.34. The van der Waals surface area contributed by atoms with Crippen molar-refractivity contribution >= 4 is 33.4 Å². The van der Waals surface area contributed by atoms with E-state index >= 15 is 0 Å². The van der Waals surface area contributed by atoms with Crippen LogP contribution in [-0.2, 0) is 14.3 Å². The molecule has 2 N–H and O–H groups in total. The third-order valence-electron chi connectivity index (χ3n) is 4.29. The van der Waals surface area contributed by atoms with Gasteiger partial charge >= 0.3 is 5.97 Å². The third-order valence-corrected chi connectivity index (χ3v) is 5.39. The number of H-pyrrole nitrogens is 1. The minimum absolute atomic E-state index is 0.213. The lowest BCUT2D eigenvalue weighted by atomic mass is 10.2. The Kier molecular flexibility index (Phi) is 6.28. The number of rotatable bonds is 7. The van der Waals surface area contributed by atoms with Gasteiger partial charge in [-0.2, -0.15) is 0 Å². The predicted octanol–water partition coefficient (Wildman–Crippen LogP) is 2.40. The number of hydrogen-bond donors (Lipinski definition) is 2. The maximum absolute atomic E-state index is 12.3. The summed E-state index contributed by atoms with van der Waals surface area (Å²) in [4.78, 5) is 44.8. The number of nitrogens with one attached hydrogen (secondary N) is 2. The van der Waals surface area contributed by atoms with Gasteiger partial charge in [0.05, 0.1) is 5.39 Å². The standard InChI is InChI=1S/C20H21N3O5S/c1-11-13(3)29-20-17(11)19(26)22-18(23-20)12(2)28-16(25)9-21-15(24)10-27-14-7-5-4-6-8-14/h4-8,12H,9-10H2,1-3H3,(H,21,24)(H,22,23,26). The summed E-state index contributed by atoms with van der Waals surface area (Å²) in [5.41, 5.74) is 0.636. The molecule has 0 aliphatic heterocycles. The molecule has 0 saturated carbocycles. The Bertz CT molecular complexity index is 1090. The molecule has 1 unspecified atom stereocenters. The quantitative estimate of drug-likeness (QED) is 0.574. The van der Waals surface area contributed by atoms with Crippen molar-refractivity contribution in [3.63, 3.8) is 0 Å². The maximum Gasteiger partial charge on any atom is 0.326 e. The Labute approximate surface area is 170 Å². The summed E-state index contributed by atoms with van der Waals surface area (Å²) in [6.45, 7) is 4.88. The van der Waals surface area contributed by atoms with Crippen molar-refractivity contribution in [1.29, 1.82) is 0 Å². The number of nitrogens with zero attached hydrogens (tertiary/aromatic N) is 1. The smallest absolute Gasteiger partial charge is 0.326 e. The molecule has 2 heterocycles. The highest BCUT2D eigenvalue weighted by Crippen LogP contribution is 2.26. The second-order valence-electron chi connectivity index (χ2n) is 6.43. The van der Waals surface area contributed by atoms with Gasteiger partial charge in [-0.05, 0) is 38.5 Å². The van der Waals surface area contributed by atoms with Gasteiger partial charge in [-0.3, -0.25) is 14.4 Å². The largest absolute Gasteiger partial charge is 0.484 e. The van der Waals surface area contributed by atoms with Gasteiger partial charge in [0.25, 0.3) is 11.5 Å². The topological polar surface area (TPSA) is 110 Å². The van der Waals surface area contributed by atoms with E-state index in [1.807, 2.05) is 19.9 Å². The summed E-state index contributed by atoms with van der Waals surface area (Å²) in [5.74, 6) is -0.276. The second kappa shape index (κ2) is 8.87. The van der Waals surface area contributed by atoms with Gasteiger partial charge < -0.3 is 19.8 Å². The molecule has 1 atom stereocenters. The Morgan fingerprint density at radius 1 is 1.24 bits per heavy atom. The lowest BCUT2D eigenvalue weighted by molar-refractivity contribution is -0.149. The van der Waals surface area contributed by atoms with Gasteiger partial charge in [-0.15, -0.1) is 11.3 Å². The van der Waals surface area contributed by atoms with Crippen molar-refractivity contribution < 1.29 is 19.1 Å². The zero-order chi connectivity index (χ0) is 21.0.